The molecule has 0 aliphatic heterocycles. The quantitative estimate of drug-likeness (QED) is 0.230. The van der Waals surface area contributed by atoms with Crippen LogP contribution in [0.25, 0.3) is 0 Å². The molecule has 0 aliphatic carbocycles. The number of rotatable bonds is 5. The van der Waals surface area contributed by atoms with E-state index >= 15 is 0 Å². The first-order chi connectivity index (χ1) is 6.52. The zero-order chi connectivity index (χ0) is 11.1. The van der Waals surface area contributed by atoms with Gasteiger partial charge in [-0.15, -0.1) is 0 Å². The van der Waals surface area contributed by atoms with Gasteiger partial charge in [-0.05, 0) is 25.9 Å². The Bertz CT molecular complexity index is 223. The third kappa shape index (κ3) is 6.82. The first-order valence-corrected chi connectivity index (χ1v) is 4.55. The van der Waals surface area contributed by atoms with Gasteiger partial charge in [0, 0.05) is 0 Å². The summed E-state index contributed by atoms with van der Waals surface area (Å²) in [6.07, 6.45) is 1.16. The molecule has 0 heterocycles. The molecule has 0 aromatic carbocycles. The van der Waals surface area contributed by atoms with Gasteiger partial charge in [-0.1, -0.05) is 13.8 Å². The van der Waals surface area contributed by atoms with E-state index in [1.165, 1.54) is 14.2 Å². The van der Waals surface area contributed by atoms with E-state index in [0.29, 0.717) is 12.3 Å². The van der Waals surface area contributed by atoms with Crippen molar-refractivity contribution in [1.29, 1.82) is 0 Å². The van der Waals surface area contributed by atoms with Crippen LogP contribution in [0.5, 0.6) is 0 Å². The van der Waals surface area contributed by atoms with Crippen molar-refractivity contribution in [3.05, 3.63) is 11.5 Å². The maximum absolute atomic E-state index is 11.2. The SMILES string of the molecule is COC(=O)/C(CCC(C)C)=C(/[O-])OC.[Na+]. The van der Waals surface area contributed by atoms with Crippen molar-refractivity contribution < 1.29 is 48.9 Å². The first-order valence-electron chi connectivity index (χ1n) is 4.55. The fourth-order valence-electron chi connectivity index (χ4n) is 0.967. The predicted molar refractivity (Wildman–Crippen MR) is 50.1 cm³/mol. The van der Waals surface area contributed by atoms with E-state index in [2.05, 4.69) is 9.47 Å². The summed E-state index contributed by atoms with van der Waals surface area (Å²) in [6, 6.07) is 0. The second-order valence-corrected chi connectivity index (χ2v) is 3.39. The smallest absolute Gasteiger partial charge is 0.616 e. The molecule has 0 radical (unpaired) electrons. The molecule has 0 saturated carbocycles. The largest absolute Gasteiger partial charge is 1.00 e. The van der Waals surface area contributed by atoms with Gasteiger partial charge >= 0.3 is 35.5 Å². The fraction of sp³-hybridized carbons (Fsp3) is 0.700. The van der Waals surface area contributed by atoms with Gasteiger partial charge in [0.2, 0.25) is 0 Å². The van der Waals surface area contributed by atoms with Crippen LogP contribution < -0.4 is 34.7 Å². The number of esters is 1. The van der Waals surface area contributed by atoms with E-state index in [0.717, 1.165) is 6.42 Å². The Kier molecular flexibility index (Phi) is 10.4. The third-order valence-corrected chi connectivity index (χ3v) is 1.84. The number of methoxy groups -OCH3 is 2. The molecule has 0 amide bonds. The molecule has 0 unspecified atom stereocenters. The van der Waals surface area contributed by atoms with Gasteiger partial charge in [-0.25, -0.2) is 4.79 Å². The second kappa shape index (κ2) is 9.07. The Morgan fingerprint density at radius 3 is 2.13 bits per heavy atom. The molecule has 82 valence electrons. The molecule has 0 saturated heterocycles. The molecular formula is C10H17NaO4. The van der Waals surface area contributed by atoms with Gasteiger partial charge in [0.05, 0.1) is 18.6 Å². The van der Waals surface area contributed by atoms with Crippen molar-refractivity contribution in [2.75, 3.05) is 14.2 Å². The molecule has 0 atom stereocenters. The maximum Gasteiger partial charge on any atom is 1.00 e. The summed E-state index contributed by atoms with van der Waals surface area (Å²) in [5.74, 6) is -0.769. The van der Waals surface area contributed by atoms with Gasteiger partial charge in [0.15, 0.2) is 0 Å². The topological polar surface area (TPSA) is 58.6 Å². The minimum Gasteiger partial charge on any atom is -0.616 e. The summed E-state index contributed by atoms with van der Waals surface area (Å²) in [4.78, 5) is 11.2. The molecule has 0 fully saturated rings. The van der Waals surface area contributed by atoms with Crippen molar-refractivity contribution in [2.45, 2.75) is 26.7 Å². The molecule has 0 bridgehead atoms. The standard InChI is InChI=1S/C10H18O4.Na/c1-7(2)5-6-8(9(11)13-3)10(12)14-4;/h7,11H,5-6H2,1-4H3;/q;+1/p-1/b9-8-;. The number of ether oxygens (including phenoxy) is 2. The van der Waals surface area contributed by atoms with Gasteiger partial charge in [-0.2, -0.15) is 0 Å². The average molecular weight is 224 g/mol. The van der Waals surface area contributed by atoms with Crippen LogP contribution in [-0.4, -0.2) is 20.2 Å². The summed E-state index contributed by atoms with van der Waals surface area (Å²) < 4.78 is 8.98. The molecule has 0 spiro atoms. The number of hydrogen-bond donors (Lipinski definition) is 0. The fourth-order valence-corrected chi connectivity index (χ4v) is 0.967. The molecule has 0 N–H and O–H groups in total. The van der Waals surface area contributed by atoms with E-state index in [1.807, 2.05) is 13.8 Å². The maximum atomic E-state index is 11.2. The van der Waals surface area contributed by atoms with Gasteiger partial charge in [-0.3, -0.25) is 0 Å². The molecule has 0 aromatic rings. The molecule has 0 aromatic heterocycles. The first kappa shape index (κ1) is 17.2. The Labute approximate surface area is 113 Å². The van der Waals surface area contributed by atoms with Crippen molar-refractivity contribution in [2.24, 2.45) is 5.92 Å². The van der Waals surface area contributed by atoms with Crippen LogP contribution >= 0.6 is 0 Å². The summed E-state index contributed by atoms with van der Waals surface area (Å²) in [6.45, 7) is 4.04. The van der Waals surface area contributed by atoms with Crippen LogP contribution in [0.15, 0.2) is 11.5 Å². The van der Waals surface area contributed by atoms with Crippen LogP contribution in [0.4, 0.5) is 0 Å². The Balaban J connectivity index is 0. The van der Waals surface area contributed by atoms with E-state index in [1.54, 1.807) is 0 Å². The molecule has 0 rings (SSSR count). The minimum absolute atomic E-state index is 0. The van der Waals surface area contributed by atoms with Gasteiger partial charge in [0.1, 0.15) is 0 Å². The normalized spacial score (nSPS) is 11.5. The van der Waals surface area contributed by atoms with Crippen molar-refractivity contribution >= 4 is 5.97 Å². The van der Waals surface area contributed by atoms with E-state index in [4.69, 9.17) is 0 Å². The Hall–Kier alpha value is -0.190. The van der Waals surface area contributed by atoms with Crippen LogP contribution in [-0.2, 0) is 14.3 Å². The zero-order valence-electron chi connectivity index (χ0n) is 10.1. The van der Waals surface area contributed by atoms with Crippen LogP contribution in [0.3, 0.4) is 0 Å². The number of carbonyl (C=O) groups excluding carboxylic acids is 1. The monoisotopic (exact) mass is 224 g/mol. The van der Waals surface area contributed by atoms with E-state index in [-0.39, 0.29) is 35.1 Å². The molecular weight excluding hydrogens is 207 g/mol. The average Bonchev–Trinajstić information content (AvgIpc) is 2.16. The minimum atomic E-state index is -0.600. The van der Waals surface area contributed by atoms with Crippen LogP contribution in [0.2, 0.25) is 0 Å². The summed E-state index contributed by atoms with van der Waals surface area (Å²) in [5.41, 5.74) is 0.0868. The van der Waals surface area contributed by atoms with Gasteiger partial charge < -0.3 is 14.6 Å². The van der Waals surface area contributed by atoms with Gasteiger partial charge in [0.25, 0.3) is 0 Å². The molecule has 0 aliphatic rings. The summed E-state index contributed by atoms with van der Waals surface area (Å²) in [5, 5.41) is 11.2. The predicted octanol–water partition coefficient (Wildman–Crippen LogP) is -2.18. The summed E-state index contributed by atoms with van der Waals surface area (Å²) in [7, 11) is 2.50. The van der Waals surface area contributed by atoms with Crippen molar-refractivity contribution in [3.8, 4) is 0 Å². The second-order valence-electron chi connectivity index (χ2n) is 3.39. The number of carbonyl (C=O) groups is 1. The Morgan fingerprint density at radius 1 is 1.27 bits per heavy atom. The third-order valence-electron chi connectivity index (χ3n) is 1.84. The van der Waals surface area contributed by atoms with Crippen molar-refractivity contribution in [1.82, 2.24) is 0 Å². The summed E-state index contributed by atoms with van der Waals surface area (Å²) >= 11 is 0. The van der Waals surface area contributed by atoms with Crippen LogP contribution in [0, 0.1) is 5.92 Å². The zero-order valence-corrected chi connectivity index (χ0v) is 12.1. The number of hydrogen-bond acceptors (Lipinski definition) is 4. The van der Waals surface area contributed by atoms with Crippen LogP contribution in [0.1, 0.15) is 26.7 Å². The van der Waals surface area contributed by atoms with Crippen molar-refractivity contribution in [3.63, 3.8) is 0 Å². The van der Waals surface area contributed by atoms with E-state index in [9.17, 15) is 9.90 Å². The molecule has 5 heteroatoms. The Morgan fingerprint density at radius 2 is 1.80 bits per heavy atom. The molecule has 4 nitrogen and oxygen atoms in total. The molecule has 15 heavy (non-hydrogen) atoms. The van der Waals surface area contributed by atoms with E-state index < -0.39 is 11.9 Å².